The lowest BCUT2D eigenvalue weighted by Crippen LogP contribution is -2.30. The number of aromatic nitrogens is 2. The van der Waals surface area contributed by atoms with Crippen LogP contribution in [0, 0.1) is 0 Å². The number of benzene rings is 3. The minimum atomic E-state index is -0.275. The SMILES string of the molecule is O=C(CSc1nnc(Cc2ccccc2)o1)N[C@H](c1ccccc1)c1ccc(Cl)cc1. The zero-order valence-electron chi connectivity index (χ0n) is 16.6. The van der Waals surface area contributed by atoms with Crippen LogP contribution >= 0.6 is 23.4 Å². The summed E-state index contributed by atoms with van der Waals surface area (Å²) in [5, 5.41) is 12.2. The van der Waals surface area contributed by atoms with Gasteiger partial charge in [0, 0.05) is 5.02 Å². The Morgan fingerprint density at radius 2 is 1.55 bits per heavy atom. The molecule has 1 aromatic heterocycles. The summed E-state index contributed by atoms with van der Waals surface area (Å²) >= 11 is 7.25. The summed E-state index contributed by atoms with van der Waals surface area (Å²) in [4.78, 5) is 12.7. The van der Waals surface area contributed by atoms with E-state index in [0.717, 1.165) is 16.7 Å². The number of halogens is 1. The number of carbonyl (C=O) groups is 1. The Balaban J connectivity index is 1.39. The molecule has 0 aliphatic carbocycles. The Morgan fingerprint density at radius 3 is 2.26 bits per heavy atom. The van der Waals surface area contributed by atoms with Gasteiger partial charge in [0.2, 0.25) is 11.8 Å². The van der Waals surface area contributed by atoms with Gasteiger partial charge in [0.15, 0.2) is 0 Å². The maximum atomic E-state index is 12.7. The van der Waals surface area contributed by atoms with Gasteiger partial charge in [0.1, 0.15) is 0 Å². The van der Waals surface area contributed by atoms with Crippen molar-refractivity contribution < 1.29 is 9.21 Å². The lowest BCUT2D eigenvalue weighted by Gasteiger charge is -2.19. The van der Waals surface area contributed by atoms with Gasteiger partial charge in [-0.25, -0.2) is 0 Å². The lowest BCUT2D eigenvalue weighted by atomic mass is 9.99. The van der Waals surface area contributed by atoms with E-state index in [1.165, 1.54) is 11.8 Å². The van der Waals surface area contributed by atoms with Crippen LogP contribution in [0.25, 0.3) is 0 Å². The third kappa shape index (κ3) is 5.96. The van der Waals surface area contributed by atoms with Crippen LogP contribution in [-0.4, -0.2) is 21.9 Å². The summed E-state index contributed by atoms with van der Waals surface area (Å²) in [7, 11) is 0. The third-order valence-corrected chi connectivity index (χ3v) is 5.69. The molecule has 0 aliphatic heterocycles. The molecule has 0 saturated carbocycles. The highest BCUT2D eigenvalue weighted by Crippen LogP contribution is 2.24. The molecule has 1 atom stereocenters. The van der Waals surface area contributed by atoms with E-state index in [2.05, 4.69) is 15.5 Å². The van der Waals surface area contributed by atoms with E-state index in [-0.39, 0.29) is 17.7 Å². The van der Waals surface area contributed by atoms with E-state index in [1.807, 2.05) is 84.9 Å². The molecule has 156 valence electrons. The minimum Gasteiger partial charge on any atom is -0.416 e. The monoisotopic (exact) mass is 449 g/mol. The summed E-state index contributed by atoms with van der Waals surface area (Å²) in [5.74, 6) is 0.568. The number of amides is 1. The molecule has 0 aliphatic rings. The summed E-state index contributed by atoms with van der Waals surface area (Å²) < 4.78 is 5.67. The van der Waals surface area contributed by atoms with Crippen LogP contribution in [0.3, 0.4) is 0 Å². The molecule has 3 aromatic carbocycles. The maximum absolute atomic E-state index is 12.7. The van der Waals surface area contributed by atoms with Crippen molar-refractivity contribution in [2.75, 3.05) is 5.75 Å². The lowest BCUT2D eigenvalue weighted by molar-refractivity contribution is -0.119. The van der Waals surface area contributed by atoms with Crippen molar-refractivity contribution >= 4 is 29.3 Å². The molecule has 0 fully saturated rings. The van der Waals surface area contributed by atoms with Crippen molar-refractivity contribution in [2.24, 2.45) is 0 Å². The van der Waals surface area contributed by atoms with Gasteiger partial charge >= 0.3 is 0 Å². The van der Waals surface area contributed by atoms with E-state index in [4.69, 9.17) is 16.0 Å². The summed E-state index contributed by atoms with van der Waals surface area (Å²) in [6.45, 7) is 0. The average molecular weight is 450 g/mol. The fourth-order valence-corrected chi connectivity index (χ4v) is 3.85. The van der Waals surface area contributed by atoms with Gasteiger partial charge in [-0.1, -0.05) is 96.2 Å². The second kappa shape index (κ2) is 10.3. The number of carbonyl (C=O) groups excluding carboxylic acids is 1. The minimum absolute atomic E-state index is 0.128. The van der Waals surface area contributed by atoms with E-state index in [0.29, 0.717) is 22.6 Å². The molecular formula is C24H20ClN3O2S. The Morgan fingerprint density at radius 1 is 0.903 bits per heavy atom. The van der Waals surface area contributed by atoms with Gasteiger partial charge in [-0.05, 0) is 28.8 Å². The standard InChI is InChI=1S/C24H20ClN3O2S/c25-20-13-11-19(12-14-20)23(18-9-5-2-6-10-18)26-21(29)16-31-24-28-27-22(30-24)15-17-7-3-1-4-8-17/h1-14,23H,15-16H2,(H,26,29)/t23-/m1/s1. The highest BCUT2D eigenvalue weighted by molar-refractivity contribution is 7.99. The van der Waals surface area contributed by atoms with Crippen LogP contribution in [0.15, 0.2) is 94.6 Å². The summed E-state index contributed by atoms with van der Waals surface area (Å²) in [6.07, 6.45) is 0.563. The van der Waals surface area contributed by atoms with Gasteiger partial charge in [0.25, 0.3) is 5.22 Å². The van der Waals surface area contributed by atoms with Crippen LogP contribution < -0.4 is 5.32 Å². The Hall–Kier alpha value is -3.09. The predicted molar refractivity (Wildman–Crippen MR) is 122 cm³/mol. The number of nitrogens with zero attached hydrogens (tertiary/aromatic N) is 2. The smallest absolute Gasteiger partial charge is 0.277 e. The van der Waals surface area contributed by atoms with Crippen LogP contribution in [-0.2, 0) is 11.2 Å². The zero-order valence-corrected chi connectivity index (χ0v) is 18.1. The molecular weight excluding hydrogens is 430 g/mol. The molecule has 0 bridgehead atoms. The number of thioether (sulfide) groups is 1. The van der Waals surface area contributed by atoms with E-state index in [9.17, 15) is 4.79 Å². The molecule has 1 amide bonds. The van der Waals surface area contributed by atoms with Crippen molar-refractivity contribution in [1.29, 1.82) is 0 Å². The highest BCUT2D eigenvalue weighted by Gasteiger charge is 2.18. The first kappa shape index (κ1) is 21.2. The van der Waals surface area contributed by atoms with Crippen molar-refractivity contribution in [1.82, 2.24) is 15.5 Å². The fraction of sp³-hybridized carbons (Fsp3) is 0.125. The molecule has 0 spiro atoms. The maximum Gasteiger partial charge on any atom is 0.277 e. The normalized spacial score (nSPS) is 11.8. The highest BCUT2D eigenvalue weighted by atomic mass is 35.5. The Labute approximate surface area is 189 Å². The third-order valence-electron chi connectivity index (χ3n) is 4.61. The molecule has 1 heterocycles. The van der Waals surface area contributed by atoms with Crippen LogP contribution in [0.2, 0.25) is 5.02 Å². The van der Waals surface area contributed by atoms with Crippen molar-refractivity contribution in [3.05, 3.63) is 113 Å². The van der Waals surface area contributed by atoms with Crippen molar-refractivity contribution in [3.8, 4) is 0 Å². The number of nitrogens with one attached hydrogen (secondary N) is 1. The topological polar surface area (TPSA) is 68.0 Å². The molecule has 0 saturated heterocycles. The van der Waals surface area contributed by atoms with E-state index >= 15 is 0 Å². The number of hydrogen-bond acceptors (Lipinski definition) is 5. The summed E-state index contributed by atoms with van der Waals surface area (Å²) in [5.41, 5.74) is 3.04. The molecule has 5 nitrogen and oxygen atoms in total. The number of hydrogen-bond donors (Lipinski definition) is 1. The van der Waals surface area contributed by atoms with Gasteiger partial charge in [-0.2, -0.15) is 0 Å². The zero-order chi connectivity index (χ0) is 21.5. The fourth-order valence-electron chi connectivity index (χ4n) is 3.13. The first-order valence-electron chi connectivity index (χ1n) is 9.76. The molecule has 31 heavy (non-hydrogen) atoms. The van der Waals surface area contributed by atoms with Gasteiger partial charge < -0.3 is 9.73 Å². The number of rotatable bonds is 8. The predicted octanol–water partition coefficient (Wildman–Crippen LogP) is 5.31. The largest absolute Gasteiger partial charge is 0.416 e. The first-order valence-corrected chi connectivity index (χ1v) is 11.1. The molecule has 4 aromatic rings. The first-order chi connectivity index (χ1) is 15.2. The van der Waals surface area contributed by atoms with Gasteiger partial charge in [-0.15, -0.1) is 10.2 Å². The Kier molecular flexibility index (Phi) is 7.02. The van der Waals surface area contributed by atoms with E-state index in [1.54, 1.807) is 0 Å². The van der Waals surface area contributed by atoms with Crippen molar-refractivity contribution in [2.45, 2.75) is 17.7 Å². The summed E-state index contributed by atoms with van der Waals surface area (Å²) in [6, 6.07) is 26.9. The molecule has 0 radical (unpaired) electrons. The average Bonchev–Trinajstić information content (AvgIpc) is 3.25. The second-order valence-electron chi connectivity index (χ2n) is 6.88. The second-order valence-corrected chi connectivity index (χ2v) is 8.24. The van der Waals surface area contributed by atoms with Gasteiger partial charge in [-0.3, -0.25) is 4.79 Å². The molecule has 1 N–H and O–H groups in total. The quantitative estimate of drug-likeness (QED) is 0.369. The Bertz CT molecular complexity index is 1120. The van der Waals surface area contributed by atoms with Crippen LogP contribution in [0.1, 0.15) is 28.6 Å². The van der Waals surface area contributed by atoms with Gasteiger partial charge in [0.05, 0.1) is 18.2 Å². The molecule has 7 heteroatoms. The van der Waals surface area contributed by atoms with Crippen molar-refractivity contribution in [3.63, 3.8) is 0 Å². The molecule has 0 unspecified atom stereocenters. The molecule has 4 rings (SSSR count). The van der Waals surface area contributed by atoms with Crippen LogP contribution in [0.4, 0.5) is 0 Å². The van der Waals surface area contributed by atoms with E-state index < -0.39 is 0 Å². The van der Waals surface area contributed by atoms with Crippen LogP contribution in [0.5, 0.6) is 0 Å².